The Kier molecular flexibility index (Phi) is 10.4. The van der Waals surface area contributed by atoms with Gasteiger partial charge in [0.05, 0.1) is 25.3 Å². The Morgan fingerprint density at radius 1 is 1.05 bits per heavy atom. The summed E-state index contributed by atoms with van der Waals surface area (Å²) in [6.45, 7) is 10.8. The van der Waals surface area contributed by atoms with Crippen LogP contribution in [0, 0.1) is 5.41 Å². The first-order chi connectivity index (χ1) is 20.1. The predicted molar refractivity (Wildman–Crippen MR) is 161 cm³/mol. The molecule has 2 aromatic rings. The number of benzene rings is 2. The average molecular weight is 593 g/mol. The SMILES string of the molecule is COC(=O)c1ccc(N(Cc2ccccc2)C(=O)C2CC(N=[N+]=[N-])CN2C(=O)C(NC(=O)OC(C)(C)C)C(C)(C)C)cc1. The number of carbonyl (C=O) groups is 4. The minimum absolute atomic E-state index is 0.00232. The summed E-state index contributed by atoms with van der Waals surface area (Å²) in [5.74, 6) is -1.40. The van der Waals surface area contributed by atoms with Crippen LogP contribution in [0.3, 0.4) is 0 Å². The number of hydrogen-bond acceptors (Lipinski definition) is 7. The number of anilines is 1. The lowest BCUT2D eigenvalue weighted by molar-refractivity contribution is -0.141. The summed E-state index contributed by atoms with van der Waals surface area (Å²) in [6, 6.07) is 13.1. The van der Waals surface area contributed by atoms with Crippen molar-refractivity contribution in [3.8, 4) is 0 Å². The lowest BCUT2D eigenvalue weighted by Gasteiger charge is -2.37. The Balaban J connectivity index is 2.01. The minimum atomic E-state index is -1.04. The number of likely N-dealkylation sites (tertiary alicyclic amines) is 1. The second-order valence-electron chi connectivity index (χ2n) is 12.5. The molecule has 0 spiro atoms. The van der Waals surface area contributed by atoms with E-state index in [1.165, 1.54) is 16.9 Å². The predicted octanol–water partition coefficient (Wildman–Crippen LogP) is 5.23. The first-order valence-corrected chi connectivity index (χ1v) is 14.0. The molecule has 1 aliphatic heterocycles. The number of rotatable bonds is 8. The third-order valence-electron chi connectivity index (χ3n) is 6.89. The van der Waals surface area contributed by atoms with Crippen molar-refractivity contribution in [1.29, 1.82) is 0 Å². The Morgan fingerprint density at radius 2 is 1.67 bits per heavy atom. The Labute approximate surface area is 251 Å². The van der Waals surface area contributed by atoms with Gasteiger partial charge in [0.15, 0.2) is 0 Å². The zero-order valence-electron chi connectivity index (χ0n) is 25.7. The van der Waals surface area contributed by atoms with Crippen LogP contribution >= 0.6 is 0 Å². The van der Waals surface area contributed by atoms with Crippen LogP contribution in [0.15, 0.2) is 59.7 Å². The highest BCUT2D eigenvalue weighted by Gasteiger charge is 2.46. The van der Waals surface area contributed by atoms with E-state index in [0.29, 0.717) is 11.3 Å². The molecule has 0 saturated carbocycles. The molecule has 1 fully saturated rings. The second kappa shape index (κ2) is 13.6. The van der Waals surface area contributed by atoms with E-state index in [4.69, 9.17) is 15.0 Å². The minimum Gasteiger partial charge on any atom is -0.465 e. The van der Waals surface area contributed by atoms with Gasteiger partial charge in [0.1, 0.15) is 17.7 Å². The summed E-state index contributed by atoms with van der Waals surface area (Å²) in [7, 11) is 1.29. The highest BCUT2D eigenvalue weighted by molar-refractivity contribution is 6.01. The van der Waals surface area contributed by atoms with Crippen LogP contribution in [0.1, 0.15) is 63.9 Å². The molecule has 3 unspecified atom stereocenters. The fourth-order valence-corrected chi connectivity index (χ4v) is 4.83. The summed E-state index contributed by atoms with van der Waals surface area (Å²) in [5, 5.41) is 6.52. The van der Waals surface area contributed by atoms with E-state index in [-0.39, 0.29) is 19.5 Å². The van der Waals surface area contributed by atoms with E-state index < -0.39 is 53.0 Å². The Bertz CT molecular complexity index is 1360. The van der Waals surface area contributed by atoms with Crippen molar-refractivity contribution in [3.05, 3.63) is 76.2 Å². The van der Waals surface area contributed by atoms with Crippen molar-refractivity contribution in [1.82, 2.24) is 10.2 Å². The van der Waals surface area contributed by atoms with Crippen molar-refractivity contribution in [3.63, 3.8) is 0 Å². The number of hydrogen-bond donors (Lipinski definition) is 1. The van der Waals surface area contributed by atoms with E-state index in [0.717, 1.165) is 5.56 Å². The van der Waals surface area contributed by atoms with Crippen molar-refractivity contribution in [2.75, 3.05) is 18.6 Å². The van der Waals surface area contributed by atoms with Gasteiger partial charge in [-0.15, -0.1) is 0 Å². The van der Waals surface area contributed by atoms with Crippen molar-refractivity contribution in [2.24, 2.45) is 10.5 Å². The van der Waals surface area contributed by atoms with Crippen LogP contribution in [0.5, 0.6) is 0 Å². The van der Waals surface area contributed by atoms with Crippen LogP contribution in [-0.2, 0) is 25.6 Å². The fraction of sp³-hybridized carbons (Fsp3) is 0.484. The number of azide groups is 1. The van der Waals surface area contributed by atoms with Gasteiger partial charge in [0.25, 0.3) is 0 Å². The number of esters is 1. The maximum Gasteiger partial charge on any atom is 0.408 e. The normalized spacial score (nSPS) is 17.3. The third kappa shape index (κ3) is 8.71. The zero-order chi connectivity index (χ0) is 31.9. The van der Waals surface area contributed by atoms with Crippen molar-refractivity contribution >= 4 is 29.6 Å². The van der Waals surface area contributed by atoms with Gasteiger partial charge in [-0.05, 0) is 68.0 Å². The summed E-state index contributed by atoms with van der Waals surface area (Å²) in [4.78, 5) is 59.1. The lowest BCUT2D eigenvalue weighted by atomic mass is 9.85. The fourth-order valence-electron chi connectivity index (χ4n) is 4.83. The molecule has 43 heavy (non-hydrogen) atoms. The zero-order valence-corrected chi connectivity index (χ0v) is 25.7. The second-order valence-corrected chi connectivity index (χ2v) is 12.5. The first-order valence-electron chi connectivity index (χ1n) is 14.0. The Hall–Kier alpha value is -4.57. The molecule has 0 bridgehead atoms. The molecule has 3 rings (SSSR count). The molecule has 2 aromatic carbocycles. The monoisotopic (exact) mass is 592 g/mol. The lowest BCUT2D eigenvalue weighted by Crippen LogP contribution is -2.58. The van der Waals surface area contributed by atoms with Crippen LogP contribution < -0.4 is 10.2 Å². The van der Waals surface area contributed by atoms with Crippen LogP contribution in [0.4, 0.5) is 10.5 Å². The largest absolute Gasteiger partial charge is 0.465 e. The maximum atomic E-state index is 14.4. The van der Waals surface area contributed by atoms with Gasteiger partial charge in [0, 0.05) is 17.1 Å². The smallest absolute Gasteiger partial charge is 0.408 e. The highest BCUT2D eigenvalue weighted by Crippen LogP contribution is 2.30. The molecular formula is C31H40N6O6. The quantitative estimate of drug-likeness (QED) is 0.192. The first kappa shape index (κ1) is 32.9. The topological polar surface area (TPSA) is 154 Å². The van der Waals surface area contributed by atoms with Gasteiger partial charge in [-0.25, -0.2) is 9.59 Å². The number of nitrogens with zero attached hydrogens (tertiary/aromatic N) is 5. The van der Waals surface area contributed by atoms with E-state index in [2.05, 4.69) is 15.3 Å². The van der Waals surface area contributed by atoms with Crippen LogP contribution in [0.2, 0.25) is 0 Å². The molecule has 0 aromatic heterocycles. The third-order valence-corrected chi connectivity index (χ3v) is 6.89. The van der Waals surface area contributed by atoms with Gasteiger partial charge in [-0.2, -0.15) is 0 Å². The molecular weight excluding hydrogens is 552 g/mol. The number of ether oxygens (including phenoxy) is 2. The molecule has 230 valence electrons. The van der Waals surface area contributed by atoms with Gasteiger partial charge >= 0.3 is 12.1 Å². The molecule has 12 heteroatoms. The van der Waals surface area contributed by atoms with Gasteiger partial charge in [-0.1, -0.05) is 56.2 Å². The summed E-state index contributed by atoms with van der Waals surface area (Å²) in [5.41, 5.74) is 9.30. The van der Waals surface area contributed by atoms with Crippen LogP contribution in [-0.4, -0.2) is 66.2 Å². The molecule has 0 radical (unpaired) electrons. The molecule has 1 saturated heterocycles. The number of carbonyl (C=O) groups excluding carboxylic acids is 4. The Morgan fingerprint density at radius 3 is 2.21 bits per heavy atom. The van der Waals surface area contributed by atoms with Gasteiger partial charge in [-0.3, -0.25) is 9.59 Å². The number of methoxy groups -OCH3 is 1. The van der Waals surface area contributed by atoms with E-state index in [1.54, 1.807) is 65.8 Å². The van der Waals surface area contributed by atoms with Gasteiger partial charge < -0.3 is 24.6 Å². The number of alkyl carbamates (subject to hydrolysis) is 1. The maximum absolute atomic E-state index is 14.4. The van der Waals surface area contributed by atoms with Crippen molar-refractivity contribution in [2.45, 2.75) is 78.2 Å². The highest BCUT2D eigenvalue weighted by atomic mass is 16.6. The van der Waals surface area contributed by atoms with E-state index in [1.807, 2.05) is 30.3 Å². The average Bonchev–Trinajstić information content (AvgIpc) is 3.37. The summed E-state index contributed by atoms with van der Waals surface area (Å²) < 4.78 is 10.2. The molecule has 3 amide bonds. The molecule has 12 nitrogen and oxygen atoms in total. The van der Waals surface area contributed by atoms with E-state index in [9.17, 15) is 19.2 Å². The van der Waals surface area contributed by atoms with Crippen LogP contribution in [0.25, 0.3) is 10.4 Å². The summed E-state index contributed by atoms with van der Waals surface area (Å²) in [6.07, 6.45) is -0.658. The number of amides is 3. The van der Waals surface area contributed by atoms with Crippen molar-refractivity contribution < 1.29 is 28.7 Å². The molecule has 0 aliphatic carbocycles. The standard InChI is InChI=1S/C31H40N6O6/c1-30(2,3)25(33-29(41)43-31(4,5)6)27(39)37-19-22(34-35-32)17-24(37)26(38)36(18-20-11-9-8-10-12-20)23-15-13-21(14-16-23)28(40)42-7/h8-16,22,24-25H,17-19H2,1-7H3,(H,33,41). The molecule has 1 aliphatic rings. The summed E-state index contributed by atoms with van der Waals surface area (Å²) >= 11 is 0. The molecule has 3 atom stereocenters. The molecule has 1 heterocycles. The van der Waals surface area contributed by atoms with Gasteiger partial charge in [0.2, 0.25) is 11.8 Å². The molecule has 1 N–H and O–H groups in total. The number of nitrogens with one attached hydrogen (secondary N) is 1. The van der Waals surface area contributed by atoms with E-state index >= 15 is 0 Å².